The normalized spacial score (nSPS) is 15.0. The Kier molecular flexibility index (Phi) is 8.56. The van der Waals surface area contributed by atoms with Crippen molar-refractivity contribution in [2.45, 2.75) is 32.9 Å². The molecule has 0 bridgehead atoms. The number of ether oxygens (including phenoxy) is 3. The van der Waals surface area contributed by atoms with Gasteiger partial charge in [0.05, 0.1) is 41.7 Å². The van der Waals surface area contributed by atoms with Gasteiger partial charge in [-0.15, -0.1) is 0 Å². The van der Waals surface area contributed by atoms with Gasteiger partial charge in [-0.2, -0.15) is 0 Å². The van der Waals surface area contributed by atoms with Gasteiger partial charge < -0.3 is 14.2 Å². The summed E-state index contributed by atoms with van der Waals surface area (Å²) in [6, 6.07) is 21.7. The van der Waals surface area contributed by atoms with Gasteiger partial charge in [0.2, 0.25) is 0 Å². The van der Waals surface area contributed by atoms with Crippen LogP contribution in [0.5, 0.6) is 11.5 Å². The van der Waals surface area contributed by atoms with E-state index < -0.39 is 12.0 Å². The average Bonchev–Trinajstić information content (AvgIpc) is 3.28. The molecule has 41 heavy (non-hydrogen) atoms. The molecule has 0 spiro atoms. The van der Waals surface area contributed by atoms with Gasteiger partial charge in [-0.1, -0.05) is 69.7 Å². The zero-order valence-corrected chi connectivity index (χ0v) is 25.5. The predicted octanol–water partition coefficient (Wildman–Crippen LogP) is 5.49. The van der Waals surface area contributed by atoms with Gasteiger partial charge in [0, 0.05) is 15.6 Å². The minimum absolute atomic E-state index is 0.0415. The molecule has 4 aromatic rings. The fourth-order valence-electron chi connectivity index (χ4n) is 4.68. The van der Waals surface area contributed by atoms with Crippen LogP contribution in [0.1, 0.15) is 43.5 Å². The SMILES string of the molecule is CCOC(=O)C1=C(c2ccccc2)N=c2s/c(=C/c3cc(Br)ccc3OC(C)C)c(=O)n2[C@H]1c1ccc(OC)cc1. The van der Waals surface area contributed by atoms with Crippen LogP contribution in [0.15, 0.2) is 92.6 Å². The van der Waals surface area contributed by atoms with Crippen molar-refractivity contribution < 1.29 is 19.0 Å². The molecular weight excluding hydrogens is 604 g/mol. The molecule has 0 radical (unpaired) electrons. The molecule has 0 saturated heterocycles. The molecule has 7 nitrogen and oxygen atoms in total. The summed E-state index contributed by atoms with van der Waals surface area (Å²) in [7, 11) is 1.59. The number of rotatable bonds is 8. The molecule has 1 aliphatic rings. The van der Waals surface area contributed by atoms with Crippen LogP contribution in [-0.2, 0) is 9.53 Å². The summed E-state index contributed by atoms with van der Waals surface area (Å²) in [6.07, 6.45) is 1.77. The number of carbonyl (C=O) groups is 1. The lowest BCUT2D eigenvalue weighted by Gasteiger charge is -2.26. The number of nitrogens with zero attached hydrogens (tertiary/aromatic N) is 2. The number of methoxy groups -OCH3 is 1. The third-order valence-corrected chi connectivity index (χ3v) is 7.90. The number of hydrogen-bond acceptors (Lipinski definition) is 7. The molecule has 210 valence electrons. The number of hydrogen-bond donors (Lipinski definition) is 0. The minimum Gasteiger partial charge on any atom is -0.497 e. The summed E-state index contributed by atoms with van der Waals surface area (Å²) in [5.41, 5.74) is 2.76. The number of halogens is 1. The molecule has 0 saturated carbocycles. The van der Waals surface area contributed by atoms with Gasteiger partial charge in [-0.25, -0.2) is 9.79 Å². The lowest BCUT2D eigenvalue weighted by Crippen LogP contribution is -2.40. The molecular formula is C32H29BrN2O5S. The molecule has 1 aromatic heterocycles. The molecule has 0 fully saturated rings. The van der Waals surface area contributed by atoms with E-state index in [1.165, 1.54) is 11.3 Å². The zero-order chi connectivity index (χ0) is 29.1. The van der Waals surface area contributed by atoms with Crippen LogP contribution in [-0.4, -0.2) is 30.4 Å². The van der Waals surface area contributed by atoms with Crippen LogP contribution < -0.4 is 24.4 Å². The second-order valence-electron chi connectivity index (χ2n) is 9.55. The van der Waals surface area contributed by atoms with Crippen LogP contribution >= 0.6 is 27.3 Å². The number of benzene rings is 3. The fraction of sp³-hybridized carbons (Fsp3) is 0.219. The minimum atomic E-state index is -0.762. The Bertz CT molecular complexity index is 1790. The van der Waals surface area contributed by atoms with Gasteiger partial charge in [0.15, 0.2) is 4.80 Å². The van der Waals surface area contributed by atoms with E-state index >= 15 is 0 Å². The van der Waals surface area contributed by atoms with E-state index in [0.717, 1.165) is 21.2 Å². The van der Waals surface area contributed by atoms with E-state index in [1.807, 2.05) is 92.7 Å². The van der Waals surface area contributed by atoms with Crippen molar-refractivity contribution in [2.75, 3.05) is 13.7 Å². The molecule has 3 aromatic carbocycles. The first-order valence-electron chi connectivity index (χ1n) is 13.2. The van der Waals surface area contributed by atoms with Gasteiger partial charge >= 0.3 is 5.97 Å². The summed E-state index contributed by atoms with van der Waals surface area (Å²) in [6.45, 7) is 5.85. The first kappa shape index (κ1) is 28.6. The van der Waals surface area contributed by atoms with Gasteiger partial charge in [-0.3, -0.25) is 9.36 Å². The maximum atomic E-state index is 14.1. The first-order valence-corrected chi connectivity index (χ1v) is 14.8. The quantitative estimate of drug-likeness (QED) is 0.240. The largest absolute Gasteiger partial charge is 0.497 e. The molecule has 0 N–H and O–H groups in total. The summed E-state index contributed by atoms with van der Waals surface area (Å²) in [5.74, 6) is 0.807. The van der Waals surface area contributed by atoms with Gasteiger partial charge in [0.25, 0.3) is 5.56 Å². The second-order valence-corrected chi connectivity index (χ2v) is 11.5. The van der Waals surface area contributed by atoms with Crippen LogP contribution in [0.4, 0.5) is 0 Å². The third-order valence-electron chi connectivity index (χ3n) is 6.43. The van der Waals surface area contributed by atoms with Crippen molar-refractivity contribution in [3.05, 3.63) is 119 Å². The van der Waals surface area contributed by atoms with Crippen LogP contribution in [0.2, 0.25) is 0 Å². The van der Waals surface area contributed by atoms with E-state index in [4.69, 9.17) is 19.2 Å². The van der Waals surface area contributed by atoms with Crippen molar-refractivity contribution in [3.8, 4) is 11.5 Å². The summed E-state index contributed by atoms with van der Waals surface area (Å²) >= 11 is 4.80. The van der Waals surface area contributed by atoms with Crippen molar-refractivity contribution in [2.24, 2.45) is 4.99 Å². The topological polar surface area (TPSA) is 79.1 Å². The highest BCUT2D eigenvalue weighted by Crippen LogP contribution is 2.35. The molecule has 0 unspecified atom stereocenters. The second kappa shape index (κ2) is 12.3. The third kappa shape index (κ3) is 5.92. The highest BCUT2D eigenvalue weighted by molar-refractivity contribution is 9.10. The van der Waals surface area contributed by atoms with Crippen molar-refractivity contribution in [1.82, 2.24) is 4.57 Å². The van der Waals surface area contributed by atoms with Crippen LogP contribution in [0.25, 0.3) is 11.8 Å². The molecule has 1 aliphatic heterocycles. The summed E-state index contributed by atoms with van der Waals surface area (Å²) in [4.78, 5) is 33.1. The zero-order valence-electron chi connectivity index (χ0n) is 23.1. The Morgan fingerprint density at radius 3 is 2.49 bits per heavy atom. The first-order chi connectivity index (χ1) is 19.8. The van der Waals surface area contributed by atoms with Crippen LogP contribution in [0.3, 0.4) is 0 Å². The number of carbonyl (C=O) groups excluding carboxylic acids is 1. The van der Waals surface area contributed by atoms with E-state index in [9.17, 15) is 9.59 Å². The Balaban J connectivity index is 1.81. The smallest absolute Gasteiger partial charge is 0.338 e. The number of fused-ring (bicyclic) bond motifs is 1. The lowest BCUT2D eigenvalue weighted by molar-refractivity contribution is -0.138. The summed E-state index contributed by atoms with van der Waals surface area (Å²) in [5, 5.41) is 0. The maximum absolute atomic E-state index is 14.1. The van der Waals surface area contributed by atoms with Gasteiger partial charge in [0.1, 0.15) is 11.5 Å². The van der Waals surface area contributed by atoms with Crippen molar-refractivity contribution in [1.29, 1.82) is 0 Å². The Hall–Kier alpha value is -3.95. The van der Waals surface area contributed by atoms with E-state index in [2.05, 4.69) is 15.9 Å². The molecule has 9 heteroatoms. The monoisotopic (exact) mass is 632 g/mol. The Labute approximate surface area is 250 Å². The van der Waals surface area contributed by atoms with Gasteiger partial charge in [-0.05, 0) is 62.7 Å². The van der Waals surface area contributed by atoms with E-state index in [0.29, 0.717) is 32.1 Å². The fourth-order valence-corrected chi connectivity index (χ4v) is 6.05. The molecule has 5 rings (SSSR count). The lowest BCUT2D eigenvalue weighted by atomic mass is 9.93. The van der Waals surface area contributed by atoms with Crippen LogP contribution in [0, 0.1) is 0 Å². The average molecular weight is 634 g/mol. The molecule has 0 aliphatic carbocycles. The highest BCUT2D eigenvalue weighted by Gasteiger charge is 2.35. The van der Waals surface area contributed by atoms with Crippen molar-refractivity contribution in [3.63, 3.8) is 0 Å². The maximum Gasteiger partial charge on any atom is 0.338 e. The number of esters is 1. The van der Waals surface area contributed by atoms with E-state index in [1.54, 1.807) is 18.6 Å². The highest BCUT2D eigenvalue weighted by atomic mass is 79.9. The standard InChI is InChI=1S/C32H29BrN2O5S/c1-5-39-31(37)27-28(20-9-7-6-8-10-20)34-32-35(29(27)21-11-14-24(38-4)15-12-21)30(36)26(41-32)18-22-17-23(33)13-16-25(22)40-19(2)3/h6-19,29H,5H2,1-4H3/b26-18+/t29-/m0/s1. The Morgan fingerprint density at radius 2 is 1.83 bits per heavy atom. The van der Waals surface area contributed by atoms with E-state index in [-0.39, 0.29) is 18.3 Å². The number of thiazole rings is 1. The predicted molar refractivity (Wildman–Crippen MR) is 164 cm³/mol. The summed E-state index contributed by atoms with van der Waals surface area (Å²) < 4.78 is 19.8. The van der Waals surface area contributed by atoms with Crippen molar-refractivity contribution >= 4 is 45.0 Å². The molecule has 2 heterocycles. The molecule has 0 amide bonds. The Morgan fingerprint density at radius 1 is 1.10 bits per heavy atom. The molecule has 1 atom stereocenters. The number of aromatic nitrogens is 1.